The number of nitrogens with one attached hydrogen (secondary N) is 1. The largest absolute Gasteiger partial charge is 0.496 e. The van der Waals surface area contributed by atoms with Gasteiger partial charge in [-0.25, -0.2) is 4.79 Å². The molecule has 0 aromatic heterocycles. The third-order valence-electron chi connectivity index (χ3n) is 7.24. The number of carbonyl (C=O) groups is 2. The fourth-order valence-electron chi connectivity index (χ4n) is 5.47. The van der Waals surface area contributed by atoms with Crippen molar-refractivity contribution in [3.8, 4) is 5.75 Å². The van der Waals surface area contributed by atoms with E-state index in [1.165, 1.54) is 0 Å². The molecule has 5 nitrogen and oxygen atoms in total. The van der Waals surface area contributed by atoms with Crippen LogP contribution in [0.5, 0.6) is 5.75 Å². The summed E-state index contributed by atoms with van der Waals surface area (Å²) in [5, 5.41) is 3.42. The molecule has 2 aliphatic rings. The molecule has 0 fully saturated rings. The SMILES string of the molecule is COc1ccccc1[C@@H]1C(C(=O)OCCc2ccccc2)=C(C)NC2=C1C(=O)C[C@@H](c1ccccc1)C2. The second-order valence-corrected chi connectivity index (χ2v) is 9.54. The summed E-state index contributed by atoms with van der Waals surface area (Å²) in [6, 6.07) is 27.7. The van der Waals surface area contributed by atoms with Crippen LogP contribution in [0.2, 0.25) is 0 Å². The number of allylic oxidation sites excluding steroid dienone is 3. The molecule has 3 aromatic carbocycles. The lowest BCUT2D eigenvalue weighted by Gasteiger charge is -2.37. The number of esters is 1. The van der Waals surface area contributed by atoms with Crippen LogP contribution in [0.25, 0.3) is 0 Å². The van der Waals surface area contributed by atoms with Gasteiger partial charge in [0.25, 0.3) is 0 Å². The van der Waals surface area contributed by atoms with E-state index in [4.69, 9.17) is 9.47 Å². The first-order valence-corrected chi connectivity index (χ1v) is 12.7. The topological polar surface area (TPSA) is 64.6 Å². The predicted molar refractivity (Wildman–Crippen MR) is 143 cm³/mol. The molecule has 3 aromatic rings. The summed E-state index contributed by atoms with van der Waals surface area (Å²) in [5.74, 6) is -0.199. The van der Waals surface area contributed by atoms with Crippen molar-refractivity contribution in [3.05, 3.63) is 124 Å². The number of ketones is 1. The second kappa shape index (κ2) is 10.9. The average Bonchev–Trinajstić information content (AvgIpc) is 2.93. The molecule has 0 bridgehead atoms. The molecule has 1 N–H and O–H groups in total. The van der Waals surface area contributed by atoms with Crippen LogP contribution < -0.4 is 10.1 Å². The first kappa shape index (κ1) is 24.6. The average molecular weight is 494 g/mol. The number of hydrogen-bond donors (Lipinski definition) is 1. The summed E-state index contributed by atoms with van der Waals surface area (Å²) in [5.41, 5.74) is 5.72. The van der Waals surface area contributed by atoms with Gasteiger partial charge in [-0.1, -0.05) is 78.9 Å². The maximum atomic E-state index is 13.8. The number of rotatable bonds is 7. The molecule has 2 atom stereocenters. The highest BCUT2D eigenvalue weighted by molar-refractivity contribution is 6.04. The summed E-state index contributed by atoms with van der Waals surface area (Å²) in [6.07, 6.45) is 1.72. The molecular formula is C32H31NO4. The summed E-state index contributed by atoms with van der Waals surface area (Å²) in [7, 11) is 1.61. The Morgan fingerprint density at radius 1 is 0.919 bits per heavy atom. The van der Waals surface area contributed by atoms with E-state index >= 15 is 0 Å². The van der Waals surface area contributed by atoms with E-state index in [0.29, 0.717) is 41.9 Å². The van der Waals surface area contributed by atoms with Crippen LogP contribution in [-0.2, 0) is 20.7 Å². The molecule has 5 heteroatoms. The number of dihydropyridines is 1. The summed E-state index contributed by atoms with van der Waals surface area (Å²) in [6.45, 7) is 2.14. The van der Waals surface area contributed by atoms with E-state index < -0.39 is 11.9 Å². The highest BCUT2D eigenvalue weighted by Crippen LogP contribution is 2.47. The van der Waals surface area contributed by atoms with Crippen LogP contribution in [0.1, 0.15) is 48.3 Å². The smallest absolute Gasteiger partial charge is 0.336 e. The van der Waals surface area contributed by atoms with Crippen LogP contribution in [0.3, 0.4) is 0 Å². The van der Waals surface area contributed by atoms with Crippen molar-refractivity contribution in [1.82, 2.24) is 5.32 Å². The Kier molecular flexibility index (Phi) is 7.22. The number of hydrogen-bond acceptors (Lipinski definition) is 5. The lowest BCUT2D eigenvalue weighted by atomic mass is 9.71. The molecule has 1 aliphatic carbocycles. The molecular weight excluding hydrogens is 462 g/mol. The van der Waals surface area contributed by atoms with Crippen molar-refractivity contribution in [1.29, 1.82) is 0 Å². The molecule has 0 radical (unpaired) electrons. The zero-order chi connectivity index (χ0) is 25.8. The third-order valence-corrected chi connectivity index (χ3v) is 7.24. The summed E-state index contributed by atoms with van der Waals surface area (Å²) >= 11 is 0. The van der Waals surface area contributed by atoms with Crippen LogP contribution in [0.15, 0.2) is 107 Å². The van der Waals surface area contributed by atoms with Gasteiger partial charge in [-0.2, -0.15) is 0 Å². The molecule has 0 unspecified atom stereocenters. The molecule has 5 rings (SSSR count). The minimum absolute atomic E-state index is 0.0422. The Morgan fingerprint density at radius 2 is 1.59 bits per heavy atom. The van der Waals surface area contributed by atoms with Gasteiger partial charge in [-0.3, -0.25) is 4.79 Å². The van der Waals surface area contributed by atoms with Crippen LogP contribution in [0, 0.1) is 0 Å². The lowest BCUT2D eigenvalue weighted by molar-refractivity contribution is -0.139. The van der Waals surface area contributed by atoms with Crippen LogP contribution in [0.4, 0.5) is 0 Å². The first-order valence-electron chi connectivity index (χ1n) is 12.7. The van der Waals surface area contributed by atoms with E-state index in [1.54, 1.807) is 7.11 Å². The van der Waals surface area contributed by atoms with E-state index in [2.05, 4.69) is 17.4 Å². The van der Waals surface area contributed by atoms with Gasteiger partial charge in [0.2, 0.25) is 0 Å². The monoisotopic (exact) mass is 493 g/mol. The Hall–Kier alpha value is -4.12. The number of Topliss-reactive ketones (excluding diaryl/α,β-unsaturated/α-hetero) is 1. The predicted octanol–water partition coefficient (Wildman–Crippen LogP) is 5.84. The van der Waals surface area contributed by atoms with E-state index in [-0.39, 0.29) is 18.3 Å². The molecule has 188 valence electrons. The standard InChI is InChI=1S/C32H31NO4/c1-21-29(32(35)37-18-17-22-11-5-3-6-12-22)30(25-15-9-10-16-28(25)36-2)31-26(33-21)19-24(20-27(31)34)23-13-7-4-8-14-23/h3-16,24,30,33H,17-20H2,1-2H3/t24-,30+/m0/s1. The number of ether oxygens (including phenoxy) is 2. The number of methoxy groups -OCH3 is 1. The quantitative estimate of drug-likeness (QED) is 0.419. The molecule has 0 saturated carbocycles. The van der Waals surface area contributed by atoms with Gasteiger partial charge in [-0.05, 0) is 36.5 Å². The number of carbonyl (C=O) groups excluding carboxylic acids is 2. The van der Waals surface area contributed by atoms with Gasteiger partial charge >= 0.3 is 5.97 Å². The molecule has 1 aliphatic heterocycles. The van der Waals surface area contributed by atoms with Crippen molar-refractivity contribution in [3.63, 3.8) is 0 Å². The lowest BCUT2D eigenvalue weighted by Crippen LogP contribution is -2.36. The fraction of sp³-hybridized carbons (Fsp3) is 0.250. The summed E-state index contributed by atoms with van der Waals surface area (Å²) < 4.78 is 11.5. The van der Waals surface area contributed by atoms with E-state index in [0.717, 1.165) is 22.4 Å². The minimum atomic E-state index is -0.555. The Balaban J connectivity index is 1.49. The van der Waals surface area contributed by atoms with Crippen molar-refractivity contribution in [2.75, 3.05) is 13.7 Å². The fourth-order valence-corrected chi connectivity index (χ4v) is 5.47. The highest BCUT2D eigenvalue weighted by atomic mass is 16.5. The van der Waals surface area contributed by atoms with Gasteiger partial charge in [0.1, 0.15) is 5.75 Å². The minimum Gasteiger partial charge on any atom is -0.496 e. The van der Waals surface area contributed by atoms with Crippen LogP contribution in [-0.4, -0.2) is 25.5 Å². The molecule has 37 heavy (non-hydrogen) atoms. The third kappa shape index (κ3) is 5.08. The Bertz CT molecular complexity index is 1360. The van der Waals surface area contributed by atoms with E-state index in [1.807, 2.05) is 79.7 Å². The Morgan fingerprint density at radius 3 is 2.32 bits per heavy atom. The zero-order valence-corrected chi connectivity index (χ0v) is 21.2. The maximum absolute atomic E-state index is 13.8. The van der Waals surface area contributed by atoms with Gasteiger partial charge in [0.05, 0.1) is 25.2 Å². The molecule has 0 spiro atoms. The normalized spacial score (nSPS) is 19.2. The van der Waals surface area contributed by atoms with Gasteiger partial charge < -0.3 is 14.8 Å². The molecule has 0 amide bonds. The number of benzene rings is 3. The Labute approximate surface area is 217 Å². The maximum Gasteiger partial charge on any atom is 0.336 e. The summed E-state index contributed by atoms with van der Waals surface area (Å²) in [4.78, 5) is 27.3. The van der Waals surface area contributed by atoms with Gasteiger partial charge in [-0.15, -0.1) is 0 Å². The molecule has 1 heterocycles. The molecule has 0 saturated heterocycles. The van der Waals surface area contributed by atoms with Gasteiger partial charge in [0, 0.05) is 35.4 Å². The van der Waals surface area contributed by atoms with Crippen molar-refractivity contribution >= 4 is 11.8 Å². The zero-order valence-electron chi connectivity index (χ0n) is 21.2. The first-order chi connectivity index (χ1) is 18.1. The van der Waals surface area contributed by atoms with Crippen molar-refractivity contribution in [2.24, 2.45) is 0 Å². The van der Waals surface area contributed by atoms with E-state index in [9.17, 15) is 9.59 Å². The second-order valence-electron chi connectivity index (χ2n) is 9.54. The highest BCUT2D eigenvalue weighted by Gasteiger charge is 2.42. The van der Waals surface area contributed by atoms with Crippen molar-refractivity contribution in [2.45, 2.75) is 38.0 Å². The number of para-hydroxylation sites is 1. The van der Waals surface area contributed by atoms with Gasteiger partial charge in [0.15, 0.2) is 5.78 Å². The van der Waals surface area contributed by atoms with Crippen LogP contribution >= 0.6 is 0 Å². The van der Waals surface area contributed by atoms with Crippen molar-refractivity contribution < 1.29 is 19.1 Å².